The number of ether oxygens (including phenoxy) is 2. The summed E-state index contributed by atoms with van der Waals surface area (Å²) in [5.41, 5.74) is 1.64. The number of rotatable bonds is 11. The zero-order valence-electron chi connectivity index (χ0n) is 16.5. The van der Waals surface area contributed by atoms with Gasteiger partial charge in [-0.2, -0.15) is 0 Å². The highest BCUT2D eigenvalue weighted by molar-refractivity contribution is 5.93. The number of benzene rings is 2. The maximum Gasteiger partial charge on any atom is 0.228 e. The van der Waals surface area contributed by atoms with Crippen LogP contribution in [-0.4, -0.2) is 43.7 Å². The molecule has 1 N–H and O–H groups in total. The van der Waals surface area contributed by atoms with Gasteiger partial charge >= 0.3 is 0 Å². The van der Waals surface area contributed by atoms with Crippen LogP contribution < -0.4 is 14.8 Å². The quantitative estimate of drug-likeness (QED) is 0.650. The number of hydrogen-bond acceptors (Lipinski definition) is 4. The van der Waals surface area contributed by atoms with Gasteiger partial charge in [-0.05, 0) is 49.8 Å². The van der Waals surface area contributed by atoms with Crippen LogP contribution in [0.5, 0.6) is 11.5 Å². The van der Waals surface area contributed by atoms with E-state index in [1.807, 2.05) is 55.5 Å². The molecule has 0 heterocycles. The summed E-state index contributed by atoms with van der Waals surface area (Å²) in [6, 6.07) is 15.1. The highest BCUT2D eigenvalue weighted by Crippen LogP contribution is 2.24. The molecule has 0 radical (unpaired) electrons. The van der Waals surface area contributed by atoms with Gasteiger partial charge in [-0.3, -0.25) is 4.79 Å². The van der Waals surface area contributed by atoms with Gasteiger partial charge in [0, 0.05) is 6.54 Å². The zero-order valence-corrected chi connectivity index (χ0v) is 16.5. The van der Waals surface area contributed by atoms with Crippen LogP contribution in [-0.2, 0) is 11.2 Å². The molecular weight excluding hydrogens is 340 g/mol. The zero-order chi connectivity index (χ0) is 19.5. The van der Waals surface area contributed by atoms with E-state index in [1.54, 1.807) is 0 Å². The van der Waals surface area contributed by atoms with Crippen molar-refractivity contribution in [2.24, 2.45) is 0 Å². The molecule has 0 fully saturated rings. The summed E-state index contributed by atoms with van der Waals surface area (Å²) in [6.07, 6.45) is 0.306. The third-order valence-electron chi connectivity index (χ3n) is 4.32. The molecule has 0 saturated heterocycles. The normalized spacial score (nSPS) is 10.7. The maximum absolute atomic E-state index is 12.4. The molecule has 2 aromatic rings. The molecule has 0 aliphatic carbocycles. The first-order valence-electron chi connectivity index (χ1n) is 9.62. The summed E-state index contributed by atoms with van der Waals surface area (Å²) in [5, 5.41) is 2.96. The van der Waals surface area contributed by atoms with Gasteiger partial charge in [0.2, 0.25) is 5.91 Å². The Morgan fingerprint density at radius 1 is 0.963 bits per heavy atom. The van der Waals surface area contributed by atoms with Crippen molar-refractivity contribution in [2.75, 3.05) is 38.2 Å². The van der Waals surface area contributed by atoms with Crippen molar-refractivity contribution in [3.8, 4) is 11.5 Å². The third kappa shape index (κ3) is 6.94. The number of nitrogens with zero attached hydrogens (tertiary/aromatic N) is 1. The molecule has 27 heavy (non-hydrogen) atoms. The number of anilines is 1. The van der Waals surface area contributed by atoms with Crippen LogP contribution in [0.2, 0.25) is 0 Å². The Hall–Kier alpha value is -2.53. The fraction of sp³-hybridized carbons (Fsp3) is 0.409. The Labute approximate surface area is 162 Å². The monoisotopic (exact) mass is 370 g/mol. The molecule has 0 bridgehead atoms. The smallest absolute Gasteiger partial charge is 0.228 e. The van der Waals surface area contributed by atoms with Gasteiger partial charge in [0.25, 0.3) is 0 Å². The SMILES string of the molecule is CCOc1ccc(CC(=O)Nc2ccccc2OCCN(CC)CC)cc1. The van der Waals surface area contributed by atoms with Crippen molar-refractivity contribution >= 4 is 11.6 Å². The molecule has 0 atom stereocenters. The average molecular weight is 370 g/mol. The molecule has 5 nitrogen and oxygen atoms in total. The molecule has 0 spiro atoms. The van der Waals surface area contributed by atoms with E-state index in [4.69, 9.17) is 9.47 Å². The molecule has 2 rings (SSSR count). The van der Waals surface area contributed by atoms with E-state index < -0.39 is 0 Å². The molecule has 0 aromatic heterocycles. The molecule has 0 aliphatic heterocycles. The highest BCUT2D eigenvalue weighted by atomic mass is 16.5. The van der Waals surface area contributed by atoms with Crippen LogP contribution in [0.1, 0.15) is 26.3 Å². The van der Waals surface area contributed by atoms with E-state index >= 15 is 0 Å². The average Bonchev–Trinajstić information content (AvgIpc) is 2.68. The molecule has 2 aromatic carbocycles. The standard InChI is InChI=1S/C22H30N2O3/c1-4-24(5-2)15-16-27-21-10-8-7-9-20(21)23-22(25)17-18-11-13-19(14-12-18)26-6-3/h7-14H,4-6,15-17H2,1-3H3,(H,23,25). The van der Waals surface area contributed by atoms with Crippen LogP contribution in [0.4, 0.5) is 5.69 Å². The number of carbonyl (C=O) groups excluding carboxylic acids is 1. The number of para-hydroxylation sites is 2. The summed E-state index contributed by atoms with van der Waals surface area (Å²) in [7, 11) is 0. The van der Waals surface area contributed by atoms with Crippen LogP contribution in [0.3, 0.4) is 0 Å². The summed E-state index contributed by atoms with van der Waals surface area (Å²) < 4.78 is 11.3. The Morgan fingerprint density at radius 2 is 1.67 bits per heavy atom. The molecule has 0 saturated carbocycles. The second kappa shape index (κ2) is 11.2. The lowest BCUT2D eigenvalue weighted by Crippen LogP contribution is -2.28. The predicted octanol–water partition coefficient (Wildman–Crippen LogP) is 3.99. The lowest BCUT2D eigenvalue weighted by molar-refractivity contribution is -0.115. The van der Waals surface area contributed by atoms with Crippen molar-refractivity contribution in [2.45, 2.75) is 27.2 Å². The van der Waals surface area contributed by atoms with Crippen molar-refractivity contribution in [3.05, 3.63) is 54.1 Å². The van der Waals surface area contributed by atoms with Crippen molar-refractivity contribution < 1.29 is 14.3 Å². The first kappa shape index (κ1) is 20.8. The van der Waals surface area contributed by atoms with E-state index in [9.17, 15) is 4.79 Å². The van der Waals surface area contributed by atoms with Gasteiger partial charge in [-0.15, -0.1) is 0 Å². The van der Waals surface area contributed by atoms with E-state index in [2.05, 4.69) is 24.1 Å². The Morgan fingerprint density at radius 3 is 2.33 bits per heavy atom. The second-order valence-electron chi connectivity index (χ2n) is 6.17. The maximum atomic E-state index is 12.4. The lowest BCUT2D eigenvalue weighted by atomic mass is 10.1. The Bertz CT molecular complexity index is 697. The van der Waals surface area contributed by atoms with E-state index in [1.165, 1.54) is 0 Å². The molecule has 5 heteroatoms. The van der Waals surface area contributed by atoms with Crippen molar-refractivity contribution in [1.82, 2.24) is 4.90 Å². The van der Waals surface area contributed by atoms with Gasteiger partial charge in [0.05, 0.1) is 18.7 Å². The number of nitrogens with one attached hydrogen (secondary N) is 1. The van der Waals surface area contributed by atoms with E-state index in [0.29, 0.717) is 31.1 Å². The third-order valence-corrected chi connectivity index (χ3v) is 4.32. The van der Waals surface area contributed by atoms with Crippen molar-refractivity contribution in [3.63, 3.8) is 0 Å². The van der Waals surface area contributed by atoms with Crippen LogP contribution in [0.25, 0.3) is 0 Å². The van der Waals surface area contributed by atoms with Gasteiger partial charge in [-0.25, -0.2) is 0 Å². The minimum absolute atomic E-state index is 0.0704. The largest absolute Gasteiger partial charge is 0.494 e. The van der Waals surface area contributed by atoms with Gasteiger partial charge < -0.3 is 19.7 Å². The molecule has 1 amide bonds. The topological polar surface area (TPSA) is 50.8 Å². The summed E-state index contributed by atoms with van der Waals surface area (Å²) in [4.78, 5) is 14.7. The Kier molecular flexibility index (Phi) is 8.65. The minimum atomic E-state index is -0.0704. The van der Waals surface area contributed by atoms with Crippen molar-refractivity contribution in [1.29, 1.82) is 0 Å². The van der Waals surface area contributed by atoms with Gasteiger partial charge in [-0.1, -0.05) is 38.1 Å². The fourth-order valence-electron chi connectivity index (χ4n) is 2.77. The summed E-state index contributed by atoms with van der Waals surface area (Å²) in [5.74, 6) is 1.44. The van der Waals surface area contributed by atoms with Crippen LogP contribution in [0.15, 0.2) is 48.5 Å². The minimum Gasteiger partial charge on any atom is -0.494 e. The molecular formula is C22H30N2O3. The number of likely N-dealkylation sites (N-methyl/N-ethyl adjacent to an activating group) is 1. The highest BCUT2D eigenvalue weighted by Gasteiger charge is 2.09. The van der Waals surface area contributed by atoms with Gasteiger partial charge in [0.15, 0.2) is 0 Å². The first-order chi connectivity index (χ1) is 13.2. The van der Waals surface area contributed by atoms with E-state index in [0.717, 1.165) is 30.9 Å². The van der Waals surface area contributed by atoms with Gasteiger partial charge in [0.1, 0.15) is 18.1 Å². The second-order valence-corrected chi connectivity index (χ2v) is 6.17. The fourth-order valence-corrected chi connectivity index (χ4v) is 2.77. The van der Waals surface area contributed by atoms with Crippen LogP contribution >= 0.6 is 0 Å². The lowest BCUT2D eigenvalue weighted by Gasteiger charge is -2.19. The molecule has 0 aliphatic rings. The number of carbonyl (C=O) groups is 1. The first-order valence-corrected chi connectivity index (χ1v) is 9.62. The molecule has 146 valence electrons. The summed E-state index contributed by atoms with van der Waals surface area (Å²) >= 11 is 0. The predicted molar refractivity (Wildman–Crippen MR) is 110 cm³/mol. The van der Waals surface area contributed by atoms with Crippen LogP contribution in [0, 0.1) is 0 Å². The summed E-state index contributed by atoms with van der Waals surface area (Å²) in [6.45, 7) is 10.3. The molecule has 0 unspecified atom stereocenters. The van der Waals surface area contributed by atoms with E-state index in [-0.39, 0.29) is 5.91 Å². The number of amides is 1. The Balaban J connectivity index is 1.91. The number of hydrogen-bond donors (Lipinski definition) is 1.